The van der Waals surface area contributed by atoms with Crippen LogP contribution in [0, 0.1) is 0 Å². The summed E-state index contributed by atoms with van der Waals surface area (Å²) in [6, 6.07) is -1.08. The zero-order valence-electron chi connectivity index (χ0n) is 29.2. The van der Waals surface area contributed by atoms with E-state index in [9.17, 15) is 29.1 Å². The van der Waals surface area contributed by atoms with Gasteiger partial charge >= 0.3 is 18.2 Å². The summed E-state index contributed by atoms with van der Waals surface area (Å²) in [4.78, 5) is 73.3. The van der Waals surface area contributed by atoms with Gasteiger partial charge in [0, 0.05) is 42.5 Å². The van der Waals surface area contributed by atoms with Crippen molar-refractivity contribution in [3.63, 3.8) is 0 Å². The lowest BCUT2D eigenvalue weighted by Crippen LogP contribution is -2.71. The second kappa shape index (κ2) is 17.2. The molecular weight excluding hydrogens is 745 g/mol. The highest BCUT2D eigenvalue weighted by molar-refractivity contribution is 8.01. The Labute approximate surface area is 310 Å². The summed E-state index contributed by atoms with van der Waals surface area (Å²) in [6.07, 6.45) is -0.853. The standard InChI is InChI=1S/C28H40N12O9S3/c1-27(2,3)48-25(45)30-8-7-11-47-35-15(18-33-23(29)52-36-18)19(41)32-16-20(42)40-17(22(43)44)14(12-50-21(16)40)13-51-24-34-37-38-39(24)10-9-31-26(46)49-28(4,5)6/h16,21H,7-13H2,1-6H3,(H,30,45)(H,31,46)(H,32,41)(H,43,44)(H2,29,33,36)/t16?,21-/m1/s1. The fraction of sp³-hybridized carbons (Fsp3) is 0.607. The van der Waals surface area contributed by atoms with Crippen LogP contribution >= 0.6 is 35.1 Å². The summed E-state index contributed by atoms with van der Waals surface area (Å²) in [6.45, 7) is 11.1. The van der Waals surface area contributed by atoms with Gasteiger partial charge in [-0.3, -0.25) is 14.5 Å². The van der Waals surface area contributed by atoms with E-state index in [2.05, 4.69) is 46.0 Å². The lowest BCUT2D eigenvalue weighted by molar-refractivity contribution is -0.150. The van der Waals surface area contributed by atoms with Crippen LogP contribution in [0.2, 0.25) is 0 Å². The Bertz CT molecular complexity index is 1720. The van der Waals surface area contributed by atoms with Crippen LogP contribution in [0.4, 0.5) is 14.7 Å². The fourth-order valence-corrected chi connectivity index (χ4v) is 7.26. The molecule has 2 aliphatic rings. The molecule has 0 bridgehead atoms. The largest absolute Gasteiger partial charge is 0.477 e. The molecule has 2 aliphatic heterocycles. The summed E-state index contributed by atoms with van der Waals surface area (Å²) in [5.74, 6) is -2.51. The maximum Gasteiger partial charge on any atom is 0.407 e. The molecule has 6 N–H and O–H groups in total. The highest BCUT2D eigenvalue weighted by Crippen LogP contribution is 2.41. The highest BCUT2D eigenvalue weighted by Gasteiger charge is 2.54. The zero-order chi connectivity index (χ0) is 38.2. The number of carboxylic acid groups (broad SMARTS) is 1. The lowest BCUT2D eigenvalue weighted by Gasteiger charge is -2.49. The van der Waals surface area contributed by atoms with Crippen molar-refractivity contribution in [1.82, 2.24) is 50.4 Å². The minimum atomic E-state index is -1.31. The van der Waals surface area contributed by atoms with Crippen molar-refractivity contribution in [3.8, 4) is 0 Å². The number of aromatic nitrogens is 6. The van der Waals surface area contributed by atoms with Crippen molar-refractivity contribution in [1.29, 1.82) is 0 Å². The number of nitrogen functional groups attached to an aromatic ring is 1. The van der Waals surface area contributed by atoms with E-state index in [1.165, 1.54) is 28.2 Å². The number of carboxylic acids is 1. The predicted octanol–water partition coefficient (Wildman–Crippen LogP) is 0.798. The second-order valence-electron chi connectivity index (χ2n) is 13.0. The second-order valence-corrected chi connectivity index (χ2v) is 15.9. The number of aliphatic carboxylic acids is 1. The van der Waals surface area contributed by atoms with E-state index in [0.29, 0.717) is 17.2 Å². The van der Waals surface area contributed by atoms with Crippen molar-refractivity contribution in [3.05, 3.63) is 17.1 Å². The molecule has 1 fully saturated rings. The SMILES string of the molecule is CC(C)(C)OC(=O)NCCCON=C(C(=O)NC1C(=O)N2C(C(=O)O)=C(CSc3nnnn3CCNC(=O)OC(C)(C)C)CS[C@H]12)c1nsc(N)n1. The smallest absolute Gasteiger partial charge is 0.407 e. The summed E-state index contributed by atoms with van der Waals surface area (Å²) in [7, 11) is 0. The number of carbonyl (C=O) groups excluding carboxylic acids is 4. The van der Waals surface area contributed by atoms with Gasteiger partial charge in [0.1, 0.15) is 34.9 Å². The van der Waals surface area contributed by atoms with E-state index in [1.54, 1.807) is 41.5 Å². The normalized spacial score (nSPS) is 17.5. The van der Waals surface area contributed by atoms with Crippen LogP contribution in [-0.4, -0.2) is 129 Å². The lowest BCUT2D eigenvalue weighted by atomic mass is 10.0. The number of tetrazole rings is 1. The number of oxime groups is 1. The number of amides is 4. The third kappa shape index (κ3) is 11.1. The maximum absolute atomic E-state index is 13.4. The predicted molar refractivity (Wildman–Crippen MR) is 188 cm³/mol. The molecule has 4 rings (SSSR count). The van der Waals surface area contributed by atoms with Gasteiger partial charge in [-0.25, -0.2) is 19.1 Å². The number of ether oxygens (including phenoxy) is 2. The van der Waals surface area contributed by atoms with Crippen LogP contribution in [0.3, 0.4) is 0 Å². The Morgan fingerprint density at radius 2 is 1.75 bits per heavy atom. The molecule has 0 spiro atoms. The Hall–Kier alpha value is -4.71. The number of nitrogens with two attached hydrogens (primary N) is 1. The van der Waals surface area contributed by atoms with E-state index in [0.717, 1.165) is 16.4 Å². The number of β-lactam (4-membered cyclic amide) rings is 1. The monoisotopic (exact) mass is 784 g/mol. The third-order valence-electron chi connectivity index (χ3n) is 6.51. The maximum atomic E-state index is 13.4. The molecule has 2 aromatic rings. The van der Waals surface area contributed by atoms with E-state index in [4.69, 9.17) is 20.0 Å². The van der Waals surface area contributed by atoms with E-state index < -0.39 is 52.6 Å². The van der Waals surface area contributed by atoms with Gasteiger partial charge in [0.05, 0.1) is 6.54 Å². The van der Waals surface area contributed by atoms with E-state index in [-0.39, 0.29) is 60.1 Å². The first-order valence-electron chi connectivity index (χ1n) is 15.8. The molecule has 1 saturated heterocycles. The first-order valence-corrected chi connectivity index (χ1v) is 18.6. The number of fused-ring (bicyclic) bond motifs is 1. The molecule has 284 valence electrons. The highest BCUT2D eigenvalue weighted by atomic mass is 32.2. The Balaban J connectivity index is 1.35. The number of nitrogens with zero attached hydrogens (tertiary/aromatic N) is 8. The molecule has 52 heavy (non-hydrogen) atoms. The third-order valence-corrected chi connectivity index (χ3v) is 9.43. The van der Waals surface area contributed by atoms with Gasteiger partial charge in [-0.15, -0.1) is 16.9 Å². The number of alkyl carbamates (subject to hydrolysis) is 2. The average Bonchev–Trinajstić information content (AvgIpc) is 3.68. The Morgan fingerprint density at radius 3 is 2.37 bits per heavy atom. The number of hydrogen-bond donors (Lipinski definition) is 5. The number of anilines is 1. The van der Waals surface area contributed by atoms with Crippen LogP contribution in [0.5, 0.6) is 0 Å². The molecule has 21 nitrogen and oxygen atoms in total. The molecule has 24 heteroatoms. The molecule has 0 radical (unpaired) electrons. The summed E-state index contributed by atoms with van der Waals surface area (Å²) < 4.78 is 15.9. The number of hydrogen-bond acceptors (Lipinski definition) is 18. The Morgan fingerprint density at radius 1 is 1.08 bits per heavy atom. The van der Waals surface area contributed by atoms with Crippen molar-refractivity contribution < 1.29 is 43.4 Å². The van der Waals surface area contributed by atoms with Gasteiger partial charge in [0.15, 0.2) is 5.13 Å². The molecule has 4 amide bonds. The molecule has 4 heterocycles. The molecular formula is C28H40N12O9S3. The first kappa shape index (κ1) is 40.1. The van der Waals surface area contributed by atoms with Crippen molar-refractivity contribution in [2.75, 3.05) is 36.9 Å². The average molecular weight is 785 g/mol. The van der Waals surface area contributed by atoms with Gasteiger partial charge in [-0.2, -0.15) is 9.36 Å². The van der Waals surface area contributed by atoms with Gasteiger partial charge in [0.2, 0.25) is 16.7 Å². The van der Waals surface area contributed by atoms with Gasteiger partial charge < -0.3 is 41.1 Å². The van der Waals surface area contributed by atoms with Gasteiger partial charge in [-0.1, -0.05) is 16.9 Å². The number of nitrogens with one attached hydrogen (secondary N) is 3. The van der Waals surface area contributed by atoms with Crippen LogP contribution in [0.25, 0.3) is 0 Å². The molecule has 2 atom stereocenters. The number of carbonyl (C=O) groups is 5. The Kier molecular flexibility index (Phi) is 13.3. The van der Waals surface area contributed by atoms with Crippen LogP contribution in [-0.2, 0) is 35.2 Å². The minimum absolute atomic E-state index is 0.00368. The van der Waals surface area contributed by atoms with Crippen molar-refractivity contribution in [2.45, 2.75) is 82.3 Å². The summed E-state index contributed by atoms with van der Waals surface area (Å²) >= 11 is 3.27. The summed E-state index contributed by atoms with van der Waals surface area (Å²) in [5, 5.41) is 33.1. The number of thioether (sulfide) groups is 2. The first-order chi connectivity index (χ1) is 24.4. The quantitative estimate of drug-likeness (QED) is 0.0549. The van der Waals surface area contributed by atoms with Crippen LogP contribution in [0.15, 0.2) is 21.6 Å². The summed E-state index contributed by atoms with van der Waals surface area (Å²) in [5.41, 5.74) is 4.33. The van der Waals surface area contributed by atoms with Crippen molar-refractivity contribution >= 4 is 75.9 Å². The van der Waals surface area contributed by atoms with E-state index >= 15 is 0 Å². The van der Waals surface area contributed by atoms with Crippen LogP contribution in [0.1, 0.15) is 53.8 Å². The fourth-order valence-electron chi connectivity index (χ4n) is 4.44. The zero-order valence-corrected chi connectivity index (χ0v) is 31.6. The van der Waals surface area contributed by atoms with Crippen LogP contribution < -0.4 is 21.7 Å². The van der Waals surface area contributed by atoms with E-state index in [1.807, 2.05) is 0 Å². The van der Waals surface area contributed by atoms with Gasteiger partial charge in [-0.05, 0) is 57.5 Å². The molecule has 2 aromatic heterocycles. The van der Waals surface area contributed by atoms with Crippen molar-refractivity contribution in [2.24, 2.45) is 5.16 Å². The molecule has 0 aromatic carbocycles. The molecule has 0 saturated carbocycles. The molecule has 1 unspecified atom stereocenters. The minimum Gasteiger partial charge on any atom is -0.477 e. The van der Waals surface area contributed by atoms with Gasteiger partial charge in [0.25, 0.3) is 11.8 Å². The topological polar surface area (TPSA) is 280 Å². The number of rotatable bonds is 15. The molecule has 0 aliphatic carbocycles.